The monoisotopic (exact) mass is 355 g/mol. The molecule has 5 heteroatoms. The molecule has 2 nitrogen and oxygen atoms in total. The van der Waals surface area contributed by atoms with E-state index in [0.29, 0.717) is 12.2 Å². The molecule has 0 saturated heterocycles. The van der Waals surface area contributed by atoms with Crippen LogP contribution < -0.4 is 5.32 Å². The summed E-state index contributed by atoms with van der Waals surface area (Å²) in [5.74, 6) is -1.16. The van der Waals surface area contributed by atoms with E-state index in [1.165, 1.54) is 12.1 Å². The molecule has 2 aromatic rings. The van der Waals surface area contributed by atoms with Gasteiger partial charge in [0, 0.05) is 34.9 Å². The molecule has 21 heavy (non-hydrogen) atoms. The molecule has 0 aliphatic rings. The Morgan fingerprint density at radius 2 is 1.86 bits per heavy atom. The van der Waals surface area contributed by atoms with Crippen molar-refractivity contribution in [3.63, 3.8) is 0 Å². The third-order valence-electron chi connectivity index (χ3n) is 3.16. The molecule has 112 valence electrons. The number of hydrogen-bond acceptors (Lipinski definition) is 2. The highest BCUT2D eigenvalue weighted by Crippen LogP contribution is 2.29. The van der Waals surface area contributed by atoms with Crippen molar-refractivity contribution in [1.29, 1.82) is 0 Å². The summed E-state index contributed by atoms with van der Waals surface area (Å²) in [7, 11) is 1.62. The van der Waals surface area contributed by atoms with Crippen LogP contribution in [0.15, 0.2) is 40.9 Å². The Labute approximate surface area is 131 Å². The minimum Gasteiger partial charge on any atom is -0.380 e. The predicted molar refractivity (Wildman–Crippen MR) is 83.3 cm³/mol. The molecule has 0 amide bonds. The molecule has 0 aromatic heterocycles. The third-order valence-corrected chi connectivity index (χ3v) is 3.91. The van der Waals surface area contributed by atoms with E-state index in [1.54, 1.807) is 7.11 Å². The summed E-state index contributed by atoms with van der Waals surface area (Å²) < 4.78 is 32.7. The van der Waals surface area contributed by atoms with Crippen LogP contribution in [0.2, 0.25) is 0 Å². The zero-order valence-corrected chi connectivity index (χ0v) is 13.4. The Balaban J connectivity index is 2.27. The Morgan fingerprint density at radius 3 is 2.48 bits per heavy atom. The Bertz CT molecular complexity index is 613. The highest BCUT2D eigenvalue weighted by Gasteiger charge is 2.12. The van der Waals surface area contributed by atoms with Crippen LogP contribution in [0, 0.1) is 11.6 Å². The predicted octanol–water partition coefficient (Wildman–Crippen LogP) is 5.05. The van der Waals surface area contributed by atoms with Gasteiger partial charge in [0.05, 0.1) is 6.61 Å². The third kappa shape index (κ3) is 4.02. The second-order valence-electron chi connectivity index (χ2n) is 4.77. The van der Waals surface area contributed by atoms with Crippen molar-refractivity contribution in [3.8, 4) is 0 Å². The smallest absolute Gasteiger partial charge is 0.126 e. The van der Waals surface area contributed by atoms with E-state index >= 15 is 0 Å². The molecule has 0 heterocycles. The molecule has 1 N–H and O–H groups in total. The average Bonchev–Trinajstić information content (AvgIpc) is 2.41. The van der Waals surface area contributed by atoms with Crippen LogP contribution >= 0.6 is 15.9 Å². The first-order valence-electron chi connectivity index (χ1n) is 6.50. The zero-order chi connectivity index (χ0) is 15.4. The van der Waals surface area contributed by atoms with Gasteiger partial charge in [-0.1, -0.05) is 22.0 Å². The van der Waals surface area contributed by atoms with Gasteiger partial charge < -0.3 is 10.1 Å². The lowest BCUT2D eigenvalue weighted by Gasteiger charge is -2.19. The molecule has 0 aliphatic carbocycles. The average molecular weight is 356 g/mol. The fourth-order valence-electron chi connectivity index (χ4n) is 2.13. The van der Waals surface area contributed by atoms with E-state index in [2.05, 4.69) is 21.2 Å². The van der Waals surface area contributed by atoms with Crippen LogP contribution in [0.3, 0.4) is 0 Å². The maximum absolute atomic E-state index is 13.3. The van der Waals surface area contributed by atoms with Crippen LogP contribution in [-0.4, -0.2) is 7.11 Å². The summed E-state index contributed by atoms with van der Waals surface area (Å²) in [5, 5.41) is 3.26. The van der Waals surface area contributed by atoms with Gasteiger partial charge in [0.2, 0.25) is 0 Å². The molecule has 2 rings (SSSR count). The van der Waals surface area contributed by atoms with Crippen molar-refractivity contribution >= 4 is 21.6 Å². The molecule has 0 aliphatic heterocycles. The van der Waals surface area contributed by atoms with Crippen molar-refractivity contribution in [2.45, 2.75) is 19.6 Å². The van der Waals surface area contributed by atoms with Crippen molar-refractivity contribution < 1.29 is 13.5 Å². The van der Waals surface area contributed by atoms with Gasteiger partial charge in [0.15, 0.2) is 0 Å². The zero-order valence-electron chi connectivity index (χ0n) is 11.8. The van der Waals surface area contributed by atoms with Gasteiger partial charge in [-0.25, -0.2) is 8.78 Å². The second kappa shape index (κ2) is 7.00. The standard InChI is InChI=1S/C16H16BrF2NO/c1-10(11-6-12(18)8-13(19)7-11)20-16-5-3-4-15(17)14(16)9-21-2/h3-8,10,20H,9H2,1-2H3. The maximum atomic E-state index is 13.3. The summed E-state index contributed by atoms with van der Waals surface area (Å²) in [6, 6.07) is 9.01. The summed E-state index contributed by atoms with van der Waals surface area (Å²) in [4.78, 5) is 0. The van der Waals surface area contributed by atoms with Crippen molar-refractivity contribution in [1.82, 2.24) is 0 Å². The Hall–Kier alpha value is -1.46. The lowest BCUT2D eigenvalue weighted by Crippen LogP contribution is -2.10. The fraction of sp³-hybridized carbons (Fsp3) is 0.250. The van der Waals surface area contributed by atoms with E-state index in [-0.39, 0.29) is 6.04 Å². The van der Waals surface area contributed by atoms with Crippen LogP contribution in [0.25, 0.3) is 0 Å². The fourth-order valence-corrected chi connectivity index (χ4v) is 2.61. The van der Waals surface area contributed by atoms with E-state index < -0.39 is 11.6 Å². The molecule has 0 radical (unpaired) electrons. The molecule has 1 atom stereocenters. The number of benzene rings is 2. The molecule has 2 aromatic carbocycles. The van der Waals surface area contributed by atoms with Crippen molar-refractivity contribution in [2.75, 3.05) is 12.4 Å². The number of nitrogens with one attached hydrogen (secondary N) is 1. The minimum absolute atomic E-state index is 0.236. The maximum Gasteiger partial charge on any atom is 0.126 e. The second-order valence-corrected chi connectivity index (χ2v) is 5.62. The normalized spacial score (nSPS) is 12.2. The topological polar surface area (TPSA) is 21.3 Å². The highest BCUT2D eigenvalue weighted by atomic mass is 79.9. The quantitative estimate of drug-likeness (QED) is 0.810. The van der Waals surface area contributed by atoms with Crippen molar-refractivity contribution in [3.05, 3.63) is 63.6 Å². The van der Waals surface area contributed by atoms with Crippen LogP contribution in [0.4, 0.5) is 14.5 Å². The Morgan fingerprint density at radius 1 is 1.19 bits per heavy atom. The molecular formula is C16H16BrF2NO. The molecule has 1 unspecified atom stereocenters. The molecule has 0 bridgehead atoms. The van der Waals surface area contributed by atoms with Gasteiger partial charge in [-0.2, -0.15) is 0 Å². The minimum atomic E-state index is -0.579. The van der Waals surface area contributed by atoms with E-state index in [0.717, 1.165) is 21.8 Å². The van der Waals surface area contributed by atoms with Gasteiger partial charge in [0.25, 0.3) is 0 Å². The number of anilines is 1. The lowest BCUT2D eigenvalue weighted by molar-refractivity contribution is 0.185. The van der Waals surface area contributed by atoms with Crippen molar-refractivity contribution in [2.24, 2.45) is 0 Å². The van der Waals surface area contributed by atoms with Crippen LogP contribution in [0.5, 0.6) is 0 Å². The number of ether oxygens (including phenoxy) is 1. The molecule has 0 saturated carbocycles. The molecular weight excluding hydrogens is 340 g/mol. The largest absolute Gasteiger partial charge is 0.380 e. The number of halogens is 3. The summed E-state index contributed by atoms with van der Waals surface area (Å²) in [6.07, 6.45) is 0. The number of hydrogen-bond donors (Lipinski definition) is 1. The number of rotatable bonds is 5. The first kappa shape index (κ1) is 15.9. The Kier molecular flexibility index (Phi) is 5.31. The SMILES string of the molecule is COCc1c(Br)cccc1NC(C)c1cc(F)cc(F)c1. The van der Waals surface area contributed by atoms with Gasteiger partial charge >= 0.3 is 0 Å². The van der Waals surface area contributed by atoms with Gasteiger partial charge in [0.1, 0.15) is 11.6 Å². The summed E-state index contributed by atoms with van der Waals surface area (Å²) in [6.45, 7) is 2.29. The number of methoxy groups -OCH3 is 1. The molecule has 0 spiro atoms. The summed E-state index contributed by atoms with van der Waals surface area (Å²) >= 11 is 3.48. The van der Waals surface area contributed by atoms with Gasteiger partial charge in [-0.15, -0.1) is 0 Å². The first-order valence-corrected chi connectivity index (χ1v) is 7.29. The van der Waals surface area contributed by atoms with E-state index in [9.17, 15) is 8.78 Å². The van der Waals surface area contributed by atoms with E-state index in [1.807, 2.05) is 25.1 Å². The van der Waals surface area contributed by atoms with E-state index in [4.69, 9.17) is 4.74 Å². The highest BCUT2D eigenvalue weighted by molar-refractivity contribution is 9.10. The first-order chi connectivity index (χ1) is 10.0. The van der Waals surface area contributed by atoms with Gasteiger partial charge in [-0.3, -0.25) is 0 Å². The van der Waals surface area contributed by atoms with Crippen LogP contribution in [-0.2, 0) is 11.3 Å². The lowest BCUT2D eigenvalue weighted by atomic mass is 10.1. The summed E-state index contributed by atoms with van der Waals surface area (Å²) in [5.41, 5.74) is 2.38. The van der Waals surface area contributed by atoms with Gasteiger partial charge in [-0.05, 0) is 36.8 Å². The van der Waals surface area contributed by atoms with Crippen LogP contribution in [0.1, 0.15) is 24.1 Å². The molecule has 0 fully saturated rings.